The van der Waals surface area contributed by atoms with E-state index < -0.39 is 0 Å². The van der Waals surface area contributed by atoms with Gasteiger partial charge >= 0.3 is 0 Å². The largest absolute Gasteiger partial charge is 0.375 e. The molecular formula is C20H27N3O3. The first-order valence-electron chi connectivity index (χ1n) is 9.76. The highest BCUT2D eigenvalue weighted by Crippen LogP contribution is 2.36. The highest BCUT2D eigenvalue weighted by atomic mass is 16.5. The van der Waals surface area contributed by atoms with Gasteiger partial charge in [-0.3, -0.25) is 14.6 Å². The minimum Gasteiger partial charge on any atom is -0.375 e. The monoisotopic (exact) mass is 357 g/mol. The number of likely N-dealkylation sites (tertiary alicyclic amines) is 1. The van der Waals surface area contributed by atoms with Crippen molar-refractivity contribution in [3.8, 4) is 0 Å². The average molecular weight is 357 g/mol. The maximum absolute atomic E-state index is 12.5. The van der Waals surface area contributed by atoms with Gasteiger partial charge < -0.3 is 15.0 Å². The average Bonchev–Trinajstić information content (AvgIpc) is 3.48. The van der Waals surface area contributed by atoms with E-state index in [1.165, 1.54) is 0 Å². The highest BCUT2D eigenvalue weighted by molar-refractivity contribution is 5.81. The third-order valence-electron chi connectivity index (χ3n) is 5.87. The second-order valence-corrected chi connectivity index (χ2v) is 7.88. The van der Waals surface area contributed by atoms with Crippen LogP contribution in [0.3, 0.4) is 0 Å². The molecule has 0 bridgehead atoms. The summed E-state index contributed by atoms with van der Waals surface area (Å²) in [5, 5.41) is 3.21. The smallest absolute Gasteiger partial charge is 0.228 e. The van der Waals surface area contributed by atoms with Crippen LogP contribution in [0.1, 0.15) is 44.2 Å². The zero-order chi connectivity index (χ0) is 18.0. The van der Waals surface area contributed by atoms with E-state index >= 15 is 0 Å². The van der Waals surface area contributed by atoms with Gasteiger partial charge in [-0.05, 0) is 50.7 Å². The molecule has 3 fully saturated rings. The summed E-state index contributed by atoms with van der Waals surface area (Å²) >= 11 is 0. The van der Waals surface area contributed by atoms with Gasteiger partial charge in [0.2, 0.25) is 11.8 Å². The molecule has 2 saturated heterocycles. The van der Waals surface area contributed by atoms with Crippen LogP contribution < -0.4 is 5.32 Å². The fraction of sp³-hybridized carbons (Fsp3) is 0.650. The van der Waals surface area contributed by atoms with Crippen molar-refractivity contribution in [3.63, 3.8) is 0 Å². The lowest BCUT2D eigenvalue weighted by molar-refractivity contribution is -0.145. The Morgan fingerprint density at radius 3 is 2.73 bits per heavy atom. The molecule has 1 atom stereocenters. The predicted molar refractivity (Wildman–Crippen MR) is 96.3 cm³/mol. The molecular weight excluding hydrogens is 330 g/mol. The van der Waals surface area contributed by atoms with Crippen LogP contribution in [-0.2, 0) is 20.7 Å². The lowest BCUT2D eigenvalue weighted by Gasteiger charge is -2.46. The van der Waals surface area contributed by atoms with Crippen LogP contribution in [0, 0.1) is 5.92 Å². The number of hydrogen-bond donors (Lipinski definition) is 1. The molecule has 2 amide bonds. The van der Waals surface area contributed by atoms with E-state index in [1.807, 2.05) is 23.1 Å². The number of piperidine rings is 1. The van der Waals surface area contributed by atoms with E-state index in [2.05, 4.69) is 10.3 Å². The van der Waals surface area contributed by atoms with Gasteiger partial charge in [0.1, 0.15) is 0 Å². The number of ether oxygens (including phenoxy) is 1. The molecule has 0 radical (unpaired) electrons. The Morgan fingerprint density at radius 1 is 1.23 bits per heavy atom. The Bertz CT molecular complexity index is 652. The Hall–Kier alpha value is -1.95. The van der Waals surface area contributed by atoms with Crippen molar-refractivity contribution in [1.82, 2.24) is 15.2 Å². The van der Waals surface area contributed by atoms with Crippen LogP contribution in [0.4, 0.5) is 0 Å². The summed E-state index contributed by atoms with van der Waals surface area (Å²) in [6, 6.07) is 5.87. The molecule has 1 saturated carbocycles. The van der Waals surface area contributed by atoms with E-state index in [1.54, 1.807) is 6.20 Å². The normalized spacial score (nSPS) is 25.1. The molecule has 4 rings (SSSR count). The molecule has 0 aromatic carbocycles. The molecule has 3 heterocycles. The van der Waals surface area contributed by atoms with Gasteiger partial charge in [0, 0.05) is 43.5 Å². The number of pyridine rings is 1. The van der Waals surface area contributed by atoms with Crippen LogP contribution in [0.2, 0.25) is 0 Å². The van der Waals surface area contributed by atoms with E-state index in [0.29, 0.717) is 13.0 Å². The molecule has 26 heavy (non-hydrogen) atoms. The topological polar surface area (TPSA) is 71.5 Å². The van der Waals surface area contributed by atoms with E-state index in [0.717, 1.165) is 57.3 Å². The van der Waals surface area contributed by atoms with Crippen molar-refractivity contribution in [2.45, 2.75) is 56.6 Å². The van der Waals surface area contributed by atoms with Gasteiger partial charge in [0.15, 0.2) is 0 Å². The summed E-state index contributed by atoms with van der Waals surface area (Å²) in [6.07, 6.45) is 7.60. The maximum atomic E-state index is 12.5. The van der Waals surface area contributed by atoms with Crippen LogP contribution in [0.5, 0.6) is 0 Å². The third-order valence-corrected chi connectivity index (χ3v) is 5.87. The standard InChI is InChI=1S/C20H27N3O3/c24-18(13-16-3-1-2-9-21-16)23-10-7-20(8-11-23)14-17(6-12-26-20)22-19(25)15-4-5-15/h1-3,9,15,17H,4-8,10-14H2,(H,22,25)/t17-/m0/s1. The first-order valence-corrected chi connectivity index (χ1v) is 9.76. The SMILES string of the molecule is O=C(N[C@H]1CCOC2(CCN(C(=O)Cc3ccccn3)CC2)C1)C1CC1. The zero-order valence-corrected chi connectivity index (χ0v) is 15.2. The second kappa shape index (κ2) is 7.35. The predicted octanol–water partition coefficient (Wildman–Crippen LogP) is 1.69. The summed E-state index contributed by atoms with van der Waals surface area (Å²) in [5.74, 6) is 0.600. The fourth-order valence-corrected chi connectivity index (χ4v) is 4.10. The van der Waals surface area contributed by atoms with Gasteiger partial charge in [0.05, 0.1) is 12.0 Å². The van der Waals surface area contributed by atoms with Crippen molar-refractivity contribution < 1.29 is 14.3 Å². The van der Waals surface area contributed by atoms with E-state index in [4.69, 9.17) is 4.74 Å². The molecule has 2 aliphatic heterocycles. The minimum absolute atomic E-state index is 0.132. The van der Waals surface area contributed by atoms with E-state index in [-0.39, 0.29) is 29.4 Å². The molecule has 0 unspecified atom stereocenters. The van der Waals surface area contributed by atoms with Gasteiger partial charge in [0.25, 0.3) is 0 Å². The molecule has 140 valence electrons. The van der Waals surface area contributed by atoms with Crippen LogP contribution in [0.15, 0.2) is 24.4 Å². The molecule has 6 heteroatoms. The molecule has 6 nitrogen and oxygen atoms in total. The molecule has 1 aliphatic carbocycles. The van der Waals surface area contributed by atoms with Crippen molar-refractivity contribution in [3.05, 3.63) is 30.1 Å². The number of nitrogens with one attached hydrogen (secondary N) is 1. The fourth-order valence-electron chi connectivity index (χ4n) is 4.10. The zero-order valence-electron chi connectivity index (χ0n) is 15.2. The quantitative estimate of drug-likeness (QED) is 0.890. The Morgan fingerprint density at radius 2 is 2.04 bits per heavy atom. The van der Waals surface area contributed by atoms with Gasteiger partial charge in [-0.25, -0.2) is 0 Å². The van der Waals surface area contributed by atoms with Crippen molar-refractivity contribution >= 4 is 11.8 Å². The van der Waals surface area contributed by atoms with Gasteiger partial charge in [-0.2, -0.15) is 0 Å². The molecule has 1 aromatic rings. The van der Waals surface area contributed by atoms with Crippen molar-refractivity contribution in [2.24, 2.45) is 5.92 Å². The van der Waals surface area contributed by atoms with Crippen molar-refractivity contribution in [1.29, 1.82) is 0 Å². The third kappa shape index (κ3) is 4.06. The number of hydrogen-bond acceptors (Lipinski definition) is 4. The van der Waals surface area contributed by atoms with Crippen LogP contribution in [-0.4, -0.2) is 53.0 Å². The number of aromatic nitrogens is 1. The first kappa shape index (κ1) is 17.5. The molecule has 1 spiro atoms. The highest BCUT2D eigenvalue weighted by Gasteiger charge is 2.42. The lowest BCUT2D eigenvalue weighted by Crippen LogP contribution is -2.54. The summed E-state index contributed by atoms with van der Waals surface area (Å²) in [6.45, 7) is 2.13. The first-order chi connectivity index (χ1) is 12.6. The maximum Gasteiger partial charge on any atom is 0.228 e. The Kier molecular flexibility index (Phi) is 4.94. The number of carbonyl (C=O) groups excluding carboxylic acids is 2. The van der Waals surface area contributed by atoms with Gasteiger partial charge in [-0.1, -0.05) is 6.07 Å². The van der Waals surface area contributed by atoms with Gasteiger partial charge in [-0.15, -0.1) is 0 Å². The number of carbonyl (C=O) groups is 2. The molecule has 3 aliphatic rings. The number of rotatable bonds is 4. The van der Waals surface area contributed by atoms with Crippen LogP contribution in [0.25, 0.3) is 0 Å². The summed E-state index contributed by atoms with van der Waals surface area (Å²) in [5.41, 5.74) is 0.635. The lowest BCUT2D eigenvalue weighted by atomic mass is 9.82. The van der Waals surface area contributed by atoms with Crippen molar-refractivity contribution in [2.75, 3.05) is 19.7 Å². The molecule has 1 aromatic heterocycles. The minimum atomic E-state index is -0.179. The summed E-state index contributed by atoms with van der Waals surface area (Å²) < 4.78 is 6.14. The Labute approximate surface area is 154 Å². The van der Waals surface area contributed by atoms with Crippen LogP contribution >= 0.6 is 0 Å². The summed E-state index contributed by atoms with van der Waals surface area (Å²) in [4.78, 5) is 30.7. The summed E-state index contributed by atoms with van der Waals surface area (Å²) in [7, 11) is 0. The Balaban J connectivity index is 1.29. The van der Waals surface area contributed by atoms with E-state index in [9.17, 15) is 9.59 Å². The second-order valence-electron chi connectivity index (χ2n) is 7.88. The number of nitrogens with zero attached hydrogens (tertiary/aromatic N) is 2. The molecule has 1 N–H and O–H groups in total. The number of amides is 2.